The van der Waals surface area contributed by atoms with Crippen LogP contribution in [0.3, 0.4) is 0 Å². The molecule has 5 fully saturated rings. The molecular weight excluding hydrogens is 342 g/mol. The molecule has 0 radical (unpaired) electrons. The molecule has 1 aliphatic carbocycles. The summed E-state index contributed by atoms with van der Waals surface area (Å²) in [7, 11) is 0. The molecule has 0 aromatic carbocycles. The Morgan fingerprint density at radius 2 is 2.00 bits per heavy atom. The van der Waals surface area contributed by atoms with Crippen LogP contribution in [0, 0.1) is 17.8 Å². The second-order valence-corrected chi connectivity index (χ2v) is 8.17. The monoisotopic (exact) mass is 371 g/mol. The Balaban J connectivity index is 1.55. The Morgan fingerprint density at radius 3 is 2.77 bits per heavy atom. The summed E-state index contributed by atoms with van der Waals surface area (Å²) >= 11 is 0. The molecule has 0 unspecified atom stereocenters. The van der Waals surface area contributed by atoms with Gasteiger partial charge in [0.15, 0.2) is 18.2 Å². The number of fused-ring (bicyclic) bond motifs is 2. The van der Waals surface area contributed by atoms with Crippen LogP contribution in [-0.4, -0.2) is 49.2 Å². The molecule has 8 heteroatoms. The van der Waals surface area contributed by atoms with Gasteiger partial charge in [-0.3, -0.25) is 4.79 Å². The number of rotatable bonds is 4. The van der Waals surface area contributed by atoms with E-state index in [0.29, 0.717) is 6.42 Å². The average Bonchev–Trinajstić information content (AvgIpc) is 2.82. The molecule has 0 amide bonds. The minimum atomic E-state index is -0.833. The van der Waals surface area contributed by atoms with Crippen LogP contribution in [0.5, 0.6) is 0 Å². The number of carbonyl (C=O) groups is 1. The lowest BCUT2D eigenvalue weighted by molar-refractivity contribution is -0.576. The third-order valence-corrected chi connectivity index (χ3v) is 6.48. The van der Waals surface area contributed by atoms with Crippen LogP contribution in [0.4, 0.5) is 0 Å². The highest BCUT2D eigenvalue weighted by atomic mass is 17.3. The molecule has 0 aromatic heterocycles. The van der Waals surface area contributed by atoms with Crippen LogP contribution < -0.4 is 5.73 Å². The number of hydrogen-bond acceptors (Lipinski definition) is 8. The summed E-state index contributed by atoms with van der Waals surface area (Å²) in [6.45, 7) is 5.83. The molecule has 5 rings (SSSR count). The summed E-state index contributed by atoms with van der Waals surface area (Å²) in [6.07, 6.45) is 2.41. The summed E-state index contributed by atoms with van der Waals surface area (Å²) in [4.78, 5) is 22.6. The lowest BCUT2D eigenvalue weighted by Gasteiger charge is -2.60. The van der Waals surface area contributed by atoms with Gasteiger partial charge in [0, 0.05) is 37.1 Å². The Labute approximate surface area is 153 Å². The van der Waals surface area contributed by atoms with E-state index in [9.17, 15) is 4.79 Å². The molecule has 4 heterocycles. The normalized spacial score (nSPS) is 50.0. The standard InChI is InChI=1S/C18H29NO7/c1-10-12-4-5-14(19)13-6-7-17(3)24-16(18(12,13)26-25-17)23-15(10)22-9-8-21-11(2)20/h10,12-16H,4-9,19H2,1-3H3/t10-,12+,13+,14-,15+,16-,17-,18+/m1/s1. The summed E-state index contributed by atoms with van der Waals surface area (Å²) in [5, 5.41) is 0. The maximum absolute atomic E-state index is 10.9. The Bertz CT molecular complexity index is 560. The van der Waals surface area contributed by atoms with Crippen molar-refractivity contribution >= 4 is 5.97 Å². The van der Waals surface area contributed by atoms with Crippen LogP contribution in [0.15, 0.2) is 0 Å². The van der Waals surface area contributed by atoms with E-state index in [1.54, 1.807) is 0 Å². The molecule has 26 heavy (non-hydrogen) atoms. The largest absolute Gasteiger partial charge is 0.463 e. The average molecular weight is 371 g/mol. The molecule has 4 saturated heterocycles. The van der Waals surface area contributed by atoms with Crippen LogP contribution in [0.25, 0.3) is 0 Å². The zero-order chi connectivity index (χ0) is 18.5. The molecule has 148 valence electrons. The summed E-state index contributed by atoms with van der Waals surface area (Å²) in [5.41, 5.74) is 5.77. The van der Waals surface area contributed by atoms with Crippen molar-refractivity contribution in [1.29, 1.82) is 0 Å². The number of ether oxygens (including phenoxy) is 4. The number of carbonyl (C=O) groups excluding carboxylic acids is 1. The van der Waals surface area contributed by atoms with E-state index in [1.165, 1.54) is 6.92 Å². The predicted molar refractivity (Wildman–Crippen MR) is 88.2 cm³/mol. The lowest BCUT2D eigenvalue weighted by atomic mass is 9.60. The highest BCUT2D eigenvalue weighted by molar-refractivity contribution is 5.65. The van der Waals surface area contributed by atoms with Gasteiger partial charge in [-0.1, -0.05) is 6.92 Å². The van der Waals surface area contributed by atoms with Crippen molar-refractivity contribution in [2.24, 2.45) is 23.5 Å². The van der Waals surface area contributed by atoms with Gasteiger partial charge in [0.1, 0.15) is 6.61 Å². The number of hydrogen-bond donors (Lipinski definition) is 1. The van der Waals surface area contributed by atoms with Gasteiger partial charge in [-0.2, -0.15) is 0 Å². The van der Waals surface area contributed by atoms with Crippen molar-refractivity contribution in [3.05, 3.63) is 0 Å². The van der Waals surface area contributed by atoms with E-state index in [-0.39, 0.29) is 43.0 Å². The van der Waals surface area contributed by atoms with Gasteiger partial charge < -0.3 is 24.7 Å². The maximum Gasteiger partial charge on any atom is 0.302 e. The van der Waals surface area contributed by atoms with Crippen LogP contribution in [-0.2, 0) is 33.5 Å². The molecule has 8 nitrogen and oxygen atoms in total. The van der Waals surface area contributed by atoms with Crippen molar-refractivity contribution in [2.45, 2.75) is 76.5 Å². The molecule has 2 N–H and O–H groups in total. The Kier molecular flexibility index (Phi) is 4.78. The predicted octanol–water partition coefficient (Wildman–Crippen LogP) is 1.47. The minimum Gasteiger partial charge on any atom is -0.463 e. The van der Waals surface area contributed by atoms with Crippen LogP contribution >= 0.6 is 0 Å². The second kappa shape index (κ2) is 6.68. The minimum absolute atomic E-state index is 0.0404. The molecular formula is C18H29NO7. The first-order chi connectivity index (χ1) is 12.4. The molecule has 1 spiro atoms. The van der Waals surface area contributed by atoms with Crippen LogP contribution in [0.1, 0.15) is 46.5 Å². The van der Waals surface area contributed by atoms with Gasteiger partial charge in [-0.15, -0.1) is 0 Å². The lowest BCUT2D eigenvalue weighted by Crippen LogP contribution is -2.72. The van der Waals surface area contributed by atoms with E-state index in [0.717, 1.165) is 19.3 Å². The van der Waals surface area contributed by atoms with Crippen LogP contribution in [0.2, 0.25) is 0 Å². The van der Waals surface area contributed by atoms with E-state index in [2.05, 4.69) is 6.92 Å². The zero-order valence-electron chi connectivity index (χ0n) is 15.6. The van der Waals surface area contributed by atoms with E-state index < -0.39 is 24.0 Å². The van der Waals surface area contributed by atoms with Gasteiger partial charge in [0.05, 0.1) is 6.61 Å². The van der Waals surface area contributed by atoms with E-state index >= 15 is 0 Å². The van der Waals surface area contributed by atoms with Crippen molar-refractivity contribution in [3.63, 3.8) is 0 Å². The van der Waals surface area contributed by atoms with E-state index in [4.69, 9.17) is 34.5 Å². The zero-order valence-corrected chi connectivity index (χ0v) is 15.6. The van der Waals surface area contributed by atoms with Crippen molar-refractivity contribution < 1.29 is 33.5 Å². The SMILES string of the molecule is CC(=O)OCCO[C@H]1O[C@@H]2O[C@@]3(C)CC[C@H]4[C@H](N)CC[C@@H]([C@H]1C)[C@@]24OO3. The summed E-state index contributed by atoms with van der Waals surface area (Å²) < 4.78 is 23.3. The molecule has 0 aromatic rings. The number of esters is 1. The second-order valence-electron chi connectivity index (χ2n) is 8.17. The van der Waals surface area contributed by atoms with Gasteiger partial charge in [-0.05, 0) is 26.2 Å². The molecule has 2 bridgehead atoms. The summed E-state index contributed by atoms with van der Waals surface area (Å²) in [6, 6.07) is 0.0404. The Morgan fingerprint density at radius 1 is 1.19 bits per heavy atom. The van der Waals surface area contributed by atoms with Gasteiger partial charge in [0.2, 0.25) is 5.79 Å². The van der Waals surface area contributed by atoms with Crippen molar-refractivity contribution in [1.82, 2.24) is 0 Å². The summed E-state index contributed by atoms with van der Waals surface area (Å²) in [5.74, 6) is -0.793. The highest BCUT2D eigenvalue weighted by Crippen LogP contribution is 2.58. The van der Waals surface area contributed by atoms with Gasteiger partial charge >= 0.3 is 5.97 Å². The first-order valence-electron chi connectivity index (χ1n) is 9.56. The Hall–Kier alpha value is -0.770. The third-order valence-electron chi connectivity index (χ3n) is 6.48. The highest BCUT2D eigenvalue weighted by Gasteiger charge is 2.69. The molecule has 1 saturated carbocycles. The molecule has 4 aliphatic heterocycles. The van der Waals surface area contributed by atoms with Crippen molar-refractivity contribution in [3.8, 4) is 0 Å². The van der Waals surface area contributed by atoms with E-state index in [1.807, 2.05) is 6.92 Å². The first-order valence-corrected chi connectivity index (χ1v) is 9.56. The molecule has 8 atom stereocenters. The fourth-order valence-electron chi connectivity index (χ4n) is 5.16. The fourth-order valence-corrected chi connectivity index (χ4v) is 5.16. The van der Waals surface area contributed by atoms with Gasteiger partial charge in [0.25, 0.3) is 0 Å². The van der Waals surface area contributed by atoms with Gasteiger partial charge in [-0.25, -0.2) is 9.78 Å². The molecule has 5 aliphatic rings. The smallest absolute Gasteiger partial charge is 0.302 e. The quantitative estimate of drug-likeness (QED) is 0.451. The first kappa shape index (κ1) is 18.6. The third kappa shape index (κ3) is 2.87. The fraction of sp³-hybridized carbons (Fsp3) is 0.944. The van der Waals surface area contributed by atoms with Crippen molar-refractivity contribution in [2.75, 3.05) is 13.2 Å². The maximum atomic E-state index is 10.9. The topological polar surface area (TPSA) is 98.5 Å². The number of nitrogens with two attached hydrogens (primary N) is 1.